The van der Waals surface area contributed by atoms with Crippen molar-refractivity contribution in [2.24, 2.45) is 0 Å². The summed E-state index contributed by atoms with van der Waals surface area (Å²) in [6.07, 6.45) is 0.313. The van der Waals surface area contributed by atoms with Crippen LogP contribution >= 0.6 is 22.6 Å². The number of halogens is 1. The van der Waals surface area contributed by atoms with Crippen molar-refractivity contribution in [3.05, 3.63) is 63.7 Å². The largest absolute Gasteiger partial charge is 0.326 e. The Morgan fingerprint density at radius 2 is 1.70 bits per heavy atom. The summed E-state index contributed by atoms with van der Waals surface area (Å²) < 4.78 is 25.4. The van der Waals surface area contributed by atoms with E-state index in [4.69, 9.17) is 0 Å². The quantitative estimate of drug-likeness (QED) is 0.510. The van der Waals surface area contributed by atoms with Crippen LogP contribution in [0.4, 0.5) is 5.69 Å². The minimum Gasteiger partial charge on any atom is -0.326 e. The maximum absolute atomic E-state index is 12.9. The Kier molecular flexibility index (Phi) is 6.15. The first kappa shape index (κ1) is 19.8. The van der Waals surface area contributed by atoms with Gasteiger partial charge in [-0.3, -0.25) is 9.59 Å². The van der Waals surface area contributed by atoms with Crippen LogP contribution in [0.3, 0.4) is 0 Å². The van der Waals surface area contributed by atoms with Gasteiger partial charge in [-0.25, -0.2) is 8.42 Å². The summed E-state index contributed by atoms with van der Waals surface area (Å²) in [5.74, 6) is -1.66. The minimum atomic E-state index is -3.30. The van der Waals surface area contributed by atoms with Gasteiger partial charge in [-0.05, 0) is 46.7 Å². The SMILES string of the molecule is O=C(Nc1ccccc1I)C(=O)N1CCCS(=O)(=O)CC1c1ccccc1. The van der Waals surface area contributed by atoms with Crippen LogP contribution in [-0.4, -0.2) is 43.2 Å². The highest BCUT2D eigenvalue weighted by Gasteiger charge is 2.35. The molecule has 0 radical (unpaired) electrons. The molecule has 27 heavy (non-hydrogen) atoms. The number of hydrogen-bond acceptors (Lipinski definition) is 4. The second-order valence-electron chi connectivity index (χ2n) is 6.33. The lowest BCUT2D eigenvalue weighted by Gasteiger charge is -2.29. The maximum atomic E-state index is 12.9. The fourth-order valence-corrected chi connectivity index (χ4v) is 5.20. The number of carbonyl (C=O) groups excluding carboxylic acids is 2. The van der Waals surface area contributed by atoms with Crippen LogP contribution in [0, 0.1) is 3.57 Å². The van der Waals surface area contributed by atoms with E-state index in [1.807, 2.05) is 18.2 Å². The number of sulfone groups is 1. The molecule has 0 spiro atoms. The van der Waals surface area contributed by atoms with E-state index in [9.17, 15) is 18.0 Å². The van der Waals surface area contributed by atoms with E-state index in [-0.39, 0.29) is 18.1 Å². The fraction of sp³-hybridized carbons (Fsp3) is 0.263. The Bertz CT molecular complexity index is 947. The summed E-state index contributed by atoms with van der Waals surface area (Å²) in [6.45, 7) is 0.219. The normalized spacial score (nSPS) is 19.1. The molecule has 0 saturated carbocycles. The molecule has 1 fully saturated rings. The van der Waals surface area contributed by atoms with Crippen molar-refractivity contribution in [1.82, 2.24) is 4.90 Å². The van der Waals surface area contributed by atoms with Crippen molar-refractivity contribution in [2.45, 2.75) is 12.5 Å². The molecule has 1 aliphatic rings. The lowest BCUT2D eigenvalue weighted by atomic mass is 10.1. The minimum absolute atomic E-state index is 0.0122. The van der Waals surface area contributed by atoms with Crippen LogP contribution in [0.25, 0.3) is 0 Å². The summed E-state index contributed by atoms with van der Waals surface area (Å²) in [5, 5.41) is 2.63. The summed E-state index contributed by atoms with van der Waals surface area (Å²) >= 11 is 2.08. The zero-order valence-electron chi connectivity index (χ0n) is 14.5. The molecule has 3 rings (SSSR count). The molecule has 1 saturated heterocycles. The van der Waals surface area contributed by atoms with Gasteiger partial charge in [-0.2, -0.15) is 0 Å². The molecule has 8 heteroatoms. The summed E-state index contributed by atoms with van der Waals surface area (Å²) in [6, 6.07) is 15.5. The van der Waals surface area contributed by atoms with Gasteiger partial charge in [0, 0.05) is 10.1 Å². The molecule has 1 atom stereocenters. The molecular weight excluding hydrogens is 479 g/mol. The fourth-order valence-electron chi connectivity index (χ4n) is 3.09. The molecular formula is C19H19IN2O4S. The van der Waals surface area contributed by atoms with Crippen LogP contribution < -0.4 is 5.32 Å². The zero-order chi connectivity index (χ0) is 19.4. The number of rotatable bonds is 2. The lowest BCUT2D eigenvalue weighted by molar-refractivity contribution is -0.144. The maximum Gasteiger partial charge on any atom is 0.313 e. The van der Waals surface area contributed by atoms with Crippen molar-refractivity contribution in [1.29, 1.82) is 0 Å². The van der Waals surface area contributed by atoms with Gasteiger partial charge in [-0.15, -0.1) is 0 Å². The molecule has 142 valence electrons. The molecule has 0 bridgehead atoms. The van der Waals surface area contributed by atoms with E-state index in [1.54, 1.807) is 36.4 Å². The molecule has 1 heterocycles. The zero-order valence-corrected chi connectivity index (χ0v) is 17.4. The lowest BCUT2D eigenvalue weighted by Crippen LogP contribution is -2.43. The van der Waals surface area contributed by atoms with Gasteiger partial charge < -0.3 is 10.2 Å². The van der Waals surface area contributed by atoms with Gasteiger partial charge in [0.2, 0.25) is 0 Å². The Balaban J connectivity index is 1.88. The topological polar surface area (TPSA) is 83.6 Å². The molecule has 1 unspecified atom stereocenters. The van der Waals surface area contributed by atoms with Crippen LogP contribution in [0.15, 0.2) is 54.6 Å². The average molecular weight is 498 g/mol. The molecule has 0 aliphatic carbocycles. The first-order valence-corrected chi connectivity index (χ1v) is 11.4. The van der Waals surface area contributed by atoms with Crippen molar-refractivity contribution in [3.8, 4) is 0 Å². The van der Waals surface area contributed by atoms with E-state index >= 15 is 0 Å². The highest BCUT2D eigenvalue weighted by Crippen LogP contribution is 2.27. The smallest absolute Gasteiger partial charge is 0.313 e. The number of amides is 2. The third kappa shape index (κ3) is 4.86. The van der Waals surface area contributed by atoms with Crippen molar-refractivity contribution in [3.63, 3.8) is 0 Å². The van der Waals surface area contributed by atoms with Gasteiger partial charge in [0.15, 0.2) is 9.84 Å². The number of benzene rings is 2. The van der Waals surface area contributed by atoms with Crippen LogP contribution in [0.5, 0.6) is 0 Å². The van der Waals surface area contributed by atoms with E-state index in [2.05, 4.69) is 27.9 Å². The number of carbonyl (C=O) groups is 2. The van der Waals surface area contributed by atoms with Crippen molar-refractivity contribution in [2.75, 3.05) is 23.4 Å². The monoisotopic (exact) mass is 498 g/mol. The Hall–Kier alpha value is -1.94. The third-order valence-corrected chi connectivity index (χ3v) is 7.08. The van der Waals surface area contributed by atoms with Gasteiger partial charge >= 0.3 is 11.8 Å². The van der Waals surface area contributed by atoms with Crippen LogP contribution in [-0.2, 0) is 19.4 Å². The molecule has 2 aromatic rings. The second-order valence-corrected chi connectivity index (χ2v) is 9.72. The third-order valence-electron chi connectivity index (χ3n) is 4.40. The van der Waals surface area contributed by atoms with Gasteiger partial charge in [0.25, 0.3) is 0 Å². The van der Waals surface area contributed by atoms with E-state index in [0.29, 0.717) is 17.7 Å². The molecule has 1 N–H and O–H groups in total. The van der Waals surface area contributed by atoms with Crippen molar-refractivity contribution < 1.29 is 18.0 Å². The number of anilines is 1. The highest BCUT2D eigenvalue weighted by atomic mass is 127. The second kappa shape index (κ2) is 8.39. The Morgan fingerprint density at radius 1 is 1.04 bits per heavy atom. The van der Waals surface area contributed by atoms with E-state index < -0.39 is 27.7 Å². The number of para-hydroxylation sites is 1. The molecule has 0 aromatic heterocycles. The van der Waals surface area contributed by atoms with Gasteiger partial charge in [0.05, 0.1) is 23.2 Å². The molecule has 1 aliphatic heterocycles. The summed E-state index contributed by atoms with van der Waals surface area (Å²) in [5.41, 5.74) is 1.26. The number of nitrogens with one attached hydrogen (secondary N) is 1. The van der Waals surface area contributed by atoms with E-state index in [0.717, 1.165) is 3.57 Å². The van der Waals surface area contributed by atoms with Gasteiger partial charge in [0.1, 0.15) is 0 Å². The first-order chi connectivity index (χ1) is 12.9. The molecule has 6 nitrogen and oxygen atoms in total. The molecule has 2 aromatic carbocycles. The number of hydrogen-bond donors (Lipinski definition) is 1. The van der Waals surface area contributed by atoms with Crippen LogP contribution in [0.2, 0.25) is 0 Å². The predicted molar refractivity (Wildman–Crippen MR) is 112 cm³/mol. The highest BCUT2D eigenvalue weighted by molar-refractivity contribution is 14.1. The van der Waals surface area contributed by atoms with E-state index in [1.165, 1.54) is 4.90 Å². The van der Waals surface area contributed by atoms with Crippen molar-refractivity contribution >= 4 is 49.9 Å². The standard InChI is InChI=1S/C19H19IN2O4S/c20-15-9-4-5-10-16(15)21-18(23)19(24)22-11-6-12-27(25,26)13-17(22)14-7-2-1-3-8-14/h1-5,7-10,17H,6,11-13H2,(H,21,23). The average Bonchev–Trinajstić information content (AvgIpc) is 2.81. The molecule has 2 amide bonds. The predicted octanol–water partition coefficient (Wildman–Crippen LogP) is 2.62. The first-order valence-electron chi connectivity index (χ1n) is 8.49. The van der Waals surface area contributed by atoms with Crippen LogP contribution in [0.1, 0.15) is 18.0 Å². The Labute approximate surface area is 172 Å². The summed E-state index contributed by atoms with van der Waals surface area (Å²) in [4.78, 5) is 26.8. The summed E-state index contributed by atoms with van der Waals surface area (Å²) in [7, 11) is -3.30. The van der Waals surface area contributed by atoms with Gasteiger partial charge in [-0.1, -0.05) is 42.5 Å². The number of nitrogens with zero attached hydrogens (tertiary/aromatic N) is 1. The Morgan fingerprint density at radius 3 is 2.41 bits per heavy atom.